The molecule has 0 aliphatic heterocycles. The molecule has 0 unspecified atom stereocenters. The van der Waals surface area contributed by atoms with Gasteiger partial charge in [0.1, 0.15) is 11.5 Å². The van der Waals surface area contributed by atoms with Crippen LogP contribution in [0.5, 0.6) is 11.5 Å². The highest BCUT2D eigenvalue weighted by Gasteiger charge is 2.16. The summed E-state index contributed by atoms with van der Waals surface area (Å²) in [7, 11) is 0. The van der Waals surface area contributed by atoms with Crippen LogP contribution >= 0.6 is 23.2 Å². The molecule has 0 saturated heterocycles. The van der Waals surface area contributed by atoms with Gasteiger partial charge in [-0.3, -0.25) is 20.2 Å². The summed E-state index contributed by atoms with van der Waals surface area (Å²) < 4.78 is 5.92. The number of rotatable bonds is 6. The fraction of sp³-hybridized carbons (Fsp3) is 0.200. The molecular formula is C20H14Cl2N2O5. The van der Waals surface area contributed by atoms with Gasteiger partial charge in [-0.05, 0) is 12.1 Å². The second kappa shape index (κ2) is 10.9. The highest BCUT2D eigenvalue weighted by molar-refractivity contribution is 6.19. The van der Waals surface area contributed by atoms with Crippen LogP contribution in [0.4, 0.5) is 11.4 Å². The highest BCUT2D eigenvalue weighted by atomic mass is 35.5. The first kappa shape index (κ1) is 22.0. The third kappa shape index (κ3) is 6.39. The molecule has 9 heteroatoms. The molecule has 0 amide bonds. The van der Waals surface area contributed by atoms with E-state index in [-0.39, 0.29) is 36.0 Å². The van der Waals surface area contributed by atoms with Gasteiger partial charge < -0.3 is 4.74 Å². The average molecular weight is 433 g/mol. The third-order valence-corrected chi connectivity index (χ3v) is 3.94. The fourth-order valence-electron chi connectivity index (χ4n) is 2.36. The smallest absolute Gasteiger partial charge is 0.270 e. The number of nitro groups is 2. The van der Waals surface area contributed by atoms with Crippen molar-refractivity contribution in [2.24, 2.45) is 0 Å². The van der Waals surface area contributed by atoms with Crippen molar-refractivity contribution in [3.63, 3.8) is 0 Å². The van der Waals surface area contributed by atoms with Crippen molar-refractivity contribution >= 4 is 34.6 Å². The molecule has 0 spiro atoms. The predicted molar refractivity (Wildman–Crippen MR) is 111 cm³/mol. The van der Waals surface area contributed by atoms with Crippen LogP contribution in [0.15, 0.2) is 36.4 Å². The van der Waals surface area contributed by atoms with Gasteiger partial charge in [-0.1, -0.05) is 23.7 Å². The van der Waals surface area contributed by atoms with Gasteiger partial charge in [-0.25, -0.2) is 0 Å². The summed E-state index contributed by atoms with van der Waals surface area (Å²) in [6, 6.07) is 8.29. The minimum atomic E-state index is -0.513. The van der Waals surface area contributed by atoms with Gasteiger partial charge in [-0.2, -0.15) is 0 Å². The Labute approximate surface area is 176 Å². The number of non-ortho nitro benzene ring substituents is 2. The van der Waals surface area contributed by atoms with Gasteiger partial charge in [0.15, 0.2) is 0 Å². The SMILES string of the molecule is O=[N+]([O-])c1ccc(Oc2ccc([N+](=O)[O-])cc2CC#CCCl)c(CC#CCCl)c1. The maximum atomic E-state index is 11.1. The molecule has 0 N–H and O–H groups in total. The Bertz CT molecular complexity index is 965. The zero-order valence-corrected chi connectivity index (χ0v) is 16.5. The Balaban J connectivity index is 2.45. The molecule has 7 nitrogen and oxygen atoms in total. The second-order valence-electron chi connectivity index (χ2n) is 5.53. The van der Waals surface area contributed by atoms with Crippen LogP contribution < -0.4 is 4.74 Å². The summed E-state index contributed by atoms with van der Waals surface area (Å²) in [6.07, 6.45) is 0.385. The zero-order valence-electron chi connectivity index (χ0n) is 15.0. The van der Waals surface area contributed by atoms with Crippen LogP contribution in [-0.2, 0) is 12.8 Å². The van der Waals surface area contributed by atoms with Crippen molar-refractivity contribution < 1.29 is 14.6 Å². The number of nitrogens with zero attached hydrogens (tertiary/aromatic N) is 2. The first-order chi connectivity index (χ1) is 14.0. The molecule has 0 bridgehead atoms. The number of hydrogen-bond acceptors (Lipinski definition) is 5. The van der Waals surface area contributed by atoms with E-state index in [9.17, 15) is 20.2 Å². The van der Waals surface area contributed by atoms with Crippen LogP contribution in [0.1, 0.15) is 11.1 Å². The number of ether oxygens (including phenoxy) is 1. The minimum absolute atomic E-state index is 0.100. The molecule has 0 radical (unpaired) electrons. The lowest BCUT2D eigenvalue weighted by atomic mass is 10.1. The highest BCUT2D eigenvalue weighted by Crippen LogP contribution is 2.33. The van der Waals surface area contributed by atoms with E-state index in [2.05, 4.69) is 23.7 Å². The van der Waals surface area contributed by atoms with Crippen LogP contribution in [0.3, 0.4) is 0 Å². The van der Waals surface area contributed by atoms with Gasteiger partial charge >= 0.3 is 0 Å². The monoisotopic (exact) mass is 432 g/mol. The average Bonchev–Trinajstić information content (AvgIpc) is 2.70. The normalized spacial score (nSPS) is 9.59. The van der Waals surface area contributed by atoms with Gasteiger partial charge in [0.05, 0.1) is 21.6 Å². The van der Waals surface area contributed by atoms with Crippen molar-refractivity contribution in [1.82, 2.24) is 0 Å². The van der Waals surface area contributed by atoms with Crippen molar-refractivity contribution in [2.75, 3.05) is 11.8 Å². The van der Waals surface area contributed by atoms with Gasteiger partial charge in [-0.15, -0.1) is 23.2 Å². The molecular weight excluding hydrogens is 419 g/mol. The Kier molecular flexibility index (Phi) is 8.29. The van der Waals surface area contributed by atoms with Gasteiger partial charge in [0.2, 0.25) is 0 Å². The van der Waals surface area contributed by atoms with Crippen molar-refractivity contribution in [3.05, 3.63) is 67.8 Å². The Hall–Kier alpha value is -3.26. The Morgan fingerprint density at radius 3 is 1.52 bits per heavy atom. The minimum Gasteiger partial charge on any atom is -0.457 e. The predicted octanol–water partition coefficient (Wildman–Crippen LogP) is 4.86. The third-order valence-electron chi connectivity index (χ3n) is 3.67. The Morgan fingerprint density at radius 2 is 1.17 bits per heavy atom. The lowest BCUT2D eigenvalue weighted by Crippen LogP contribution is -1.98. The summed E-state index contributed by atoms with van der Waals surface area (Å²) in [4.78, 5) is 21.1. The molecule has 0 atom stereocenters. The van der Waals surface area contributed by atoms with E-state index in [4.69, 9.17) is 27.9 Å². The van der Waals surface area contributed by atoms with Gasteiger partial charge in [0.25, 0.3) is 11.4 Å². The lowest BCUT2D eigenvalue weighted by molar-refractivity contribution is -0.385. The molecule has 148 valence electrons. The van der Waals surface area contributed by atoms with E-state index in [0.717, 1.165) is 0 Å². The molecule has 0 saturated carbocycles. The number of alkyl halides is 2. The maximum absolute atomic E-state index is 11.1. The quantitative estimate of drug-likeness (QED) is 0.281. The van der Waals surface area contributed by atoms with E-state index in [1.54, 1.807) is 0 Å². The largest absolute Gasteiger partial charge is 0.457 e. The van der Waals surface area contributed by atoms with Gasteiger partial charge in [0, 0.05) is 48.2 Å². The van der Waals surface area contributed by atoms with Crippen LogP contribution in [-0.4, -0.2) is 21.6 Å². The molecule has 0 heterocycles. The van der Waals surface area contributed by atoms with Crippen molar-refractivity contribution in [2.45, 2.75) is 12.8 Å². The van der Waals surface area contributed by atoms with E-state index in [0.29, 0.717) is 22.6 Å². The molecule has 2 aromatic rings. The molecule has 2 aromatic carbocycles. The first-order valence-corrected chi connectivity index (χ1v) is 9.29. The number of nitro benzene ring substituents is 2. The summed E-state index contributed by atoms with van der Waals surface area (Å²) in [6.45, 7) is 0. The molecule has 2 rings (SSSR count). The van der Waals surface area contributed by atoms with Crippen molar-refractivity contribution in [3.8, 4) is 35.2 Å². The fourth-order valence-corrected chi connectivity index (χ4v) is 2.55. The van der Waals surface area contributed by atoms with E-state index in [1.807, 2.05) is 0 Å². The summed E-state index contributed by atoms with van der Waals surface area (Å²) in [5.41, 5.74) is 0.787. The molecule has 0 aliphatic rings. The summed E-state index contributed by atoms with van der Waals surface area (Å²) >= 11 is 11.1. The lowest BCUT2D eigenvalue weighted by Gasteiger charge is -2.12. The molecule has 0 fully saturated rings. The standard InChI is InChI=1S/C20H14Cl2N2O5/c21-11-3-1-5-15-13-17(23(25)26)7-9-19(15)29-20-10-8-18(24(27)28)14-16(20)6-2-4-12-22/h7-10,13-14H,5-6,11-12H2. The zero-order chi connectivity index (χ0) is 21.2. The van der Waals surface area contributed by atoms with E-state index < -0.39 is 9.85 Å². The second-order valence-corrected chi connectivity index (χ2v) is 6.06. The van der Waals surface area contributed by atoms with E-state index in [1.165, 1.54) is 36.4 Å². The molecule has 0 aliphatic carbocycles. The molecule has 0 aromatic heterocycles. The van der Waals surface area contributed by atoms with Crippen LogP contribution in [0.2, 0.25) is 0 Å². The first-order valence-electron chi connectivity index (χ1n) is 8.22. The summed E-state index contributed by atoms with van der Waals surface area (Å²) in [5.74, 6) is 12.0. The number of benzene rings is 2. The Morgan fingerprint density at radius 1 is 0.759 bits per heavy atom. The van der Waals surface area contributed by atoms with Crippen molar-refractivity contribution in [1.29, 1.82) is 0 Å². The van der Waals surface area contributed by atoms with Crippen LogP contribution in [0, 0.1) is 43.9 Å². The topological polar surface area (TPSA) is 95.5 Å². The maximum Gasteiger partial charge on any atom is 0.270 e. The number of halogens is 2. The van der Waals surface area contributed by atoms with E-state index >= 15 is 0 Å². The van der Waals surface area contributed by atoms with Crippen LogP contribution in [0.25, 0.3) is 0 Å². The molecule has 29 heavy (non-hydrogen) atoms. The summed E-state index contributed by atoms with van der Waals surface area (Å²) in [5, 5.41) is 22.1. The number of hydrogen-bond donors (Lipinski definition) is 0.